The van der Waals surface area contributed by atoms with Gasteiger partial charge in [0.05, 0.1) is 6.10 Å². The molecule has 0 saturated carbocycles. The van der Waals surface area contributed by atoms with Crippen LogP contribution in [0.1, 0.15) is 39.7 Å². The third-order valence-corrected chi connectivity index (χ3v) is 3.90. The molecule has 0 amide bonds. The van der Waals surface area contributed by atoms with Gasteiger partial charge in [-0.05, 0) is 70.7 Å². The van der Waals surface area contributed by atoms with Gasteiger partial charge in [-0.15, -0.1) is 0 Å². The van der Waals surface area contributed by atoms with E-state index in [0.29, 0.717) is 12.0 Å². The van der Waals surface area contributed by atoms with E-state index >= 15 is 0 Å². The highest BCUT2D eigenvalue weighted by molar-refractivity contribution is 9.10. The summed E-state index contributed by atoms with van der Waals surface area (Å²) in [5, 5.41) is 3.62. The molecule has 1 aromatic rings. The Labute approximate surface area is 132 Å². The molecule has 114 valence electrons. The molecule has 0 bridgehead atoms. The molecule has 2 atom stereocenters. The van der Waals surface area contributed by atoms with Gasteiger partial charge >= 0.3 is 0 Å². The number of methoxy groups -OCH3 is 1. The Morgan fingerprint density at radius 2 is 2.00 bits per heavy atom. The standard InChI is InChI=1S/C17H28BrNO/c1-13(20-5)9-15(12-19-17(2,3)4)10-14-7-6-8-16(18)11-14/h6-8,11,13,15,19H,9-10,12H2,1-5H3. The van der Waals surface area contributed by atoms with E-state index in [2.05, 4.69) is 73.2 Å². The fourth-order valence-corrected chi connectivity index (χ4v) is 2.70. The van der Waals surface area contributed by atoms with E-state index in [1.165, 1.54) is 5.56 Å². The van der Waals surface area contributed by atoms with E-state index in [4.69, 9.17) is 4.74 Å². The Hall–Kier alpha value is -0.380. The smallest absolute Gasteiger partial charge is 0.0546 e. The minimum absolute atomic E-state index is 0.159. The maximum absolute atomic E-state index is 5.44. The maximum atomic E-state index is 5.44. The van der Waals surface area contributed by atoms with Crippen LogP contribution >= 0.6 is 15.9 Å². The number of ether oxygens (including phenoxy) is 1. The summed E-state index contributed by atoms with van der Waals surface area (Å²) in [7, 11) is 1.79. The highest BCUT2D eigenvalue weighted by Gasteiger charge is 2.17. The predicted octanol–water partition coefficient (Wildman–Crippen LogP) is 4.42. The second-order valence-corrected chi connectivity index (χ2v) is 7.53. The maximum Gasteiger partial charge on any atom is 0.0546 e. The predicted molar refractivity (Wildman–Crippen MR) is 90.2 cm³/mol. The molecule has 0 spiro atoms. The number of hydrogen-bond acceptors (Lipinski definition) is 2. The van der Waals surface area contributed by atoms with E-state index in [1.54, 1.807) is 7.11 Å². The second kappa shape index (κ2) is 8.16. The van der Waals surface area contributed by atoms with Crippen LogP contribution in [0.3, 0.4) is 0 Å². The van der Waals surface area contributed by atoms with E-state index in [0.717, 1.165) is 23.9 Å². The number of rotatable bonds is 7. The fourth-order valence-electron chi connectivity index (χ4n) is 2.25. The summed E-state index contributed by atoms with van der Waals surface area (Å²) in [5.41, 5.74) is 1.54. The first kappa shape index (κ1) is 17.7. The van der Waals surface area contributed by atoms with Gasteiger partial charge in [-0.25, -0.2) is 0 Å². The van der Waals surface area contributed by atoms with Crippen LogP contribution in [0.15, 0.2) is 28.7 Å². The molecule has 1 rings (SSSR count). The summed E-state index contributed by atoms with van der Waals surface area (Å²) in [6, 6.07) is 8.59. The minimum Gasteiger partial charge on any atom is -0.382 e. The molecular formula is C17H28BrNO. The average Bonchev–Trinajstić information content (AvgIpc) is 2.35. The van der Waals surface area contributed by atoms with Crippen molar-refractivity contribution in [1.29, 1.82) is 0 Å². The minimum atomic E-state index is 0.159. The lowest BCUT2D eigenvalue weighted by Crippen LogP contribution is -2.40. The molecule has 0 aliphatic heterocycles. The normalized spacial score (nSPS) is 15.1. The molecule has 3 heteroatoms. The van der Waals surface area contributed by atoms with Gasteiger partial charge in [0, 0.05) is 17.1 Å². The van der Waals surface area contributed by atoms with E-state index in [-0.39, 0.29) is 5.54 Å². The van der Waals surface area contributed by atoms with Crippen LogP contribution in [0, 0.1) is 5.92 Å². The lowest BCUT2D eigenvalue weighted by atomic mass is 9.93. The van der Waals surface area contributed by atoms with Crippen molar-refractivity contribution in [2.24, 2.45) is 5.92 Å². The quantitative estimate of drug-likeness (QED) is 0.792. The number of benzene rings is 1. The molecule has 0 radical (unpaired) electrons. The molecule has 0 fully saturated rings. The summed E-state index contributed by atoms with van der Waals surface area (Å²) in [6.45, 7) is 9.80. The SMILES string of the molecule is COC(C)CC(CNC(C)(C)C)Cc1cccc(Br)c1. The van der Waals surface area contributed by atoms with Crippen molar-refractivity contribution < 1.29 is 4.74 Å². The lowest BCUT2D eigenvalue weighted by Gasteiger charge is -2.27. The monoisotopic (exact) mass is 341 g/mol. The van der Waals surface area contributed by atoms with Gasteiger partial charge < -0.3 is 10.1 Å². The van der Waals surface area contributed by atoms with Crippen molar-refractivity contribution in [1.82, 2.24) is 5.32 Å². The van der Waals surface area contributed by atoms with Gasteiger partial charge in [0.2, 0.25) is 0 Å². The summed E-state index contributed by atoms with van der Waals surface area (Å²) in [5.74, 6) is 0.582. The van der Waals surface area contributed by atoms with Crippen LogP contribution in [0.4, 0.5) is 0 Å². The Morgan fingerprint density at radius 3 is 2.55 bits per heavy atom. The topological polar surface area (TPSA) is 21.3 Å². The van der Waals surface area contributed by atoms with Crippen LogP contribution in [0.5, 0.6) is 0 Å². The summed E-state index contributed by atoms with van der Waals surface area (Å²) < 4.78 is 6.59. The molecule has 0 heterocycles. The van der Waals surface area contributed by atoms with Gasteiger partial charge in [0.25, 0.3) is 0 Å². The van der Waals surface area contributed by atoms with Crippen LogP contribution in [-0.2, 0) is 11.2 Å². The Morgan fingerprint density at radius 1 is 1.30 bits per heavy atom. The molecule has 0 saturated heterocycles. The van der Waals surface area contributed by atoms with Crippen molar-refractivity contribution in [3.05, 3.63) is 34.3 Å². The Kier molecular flexibility index (Phi) is 7.21. The zero-order chi connectivity index (χ0) is 15.2. The average molecular weight is 342 g/mol. The third-order valence-electron chi connectivity index (χ3n) is 3.40. The molecular weight excluding hydrogens is 314 g/mol. The molecule has 2 unspecified atom stereocenters. The fraction of sp³-hybridized carbons (Fsp3) is 0.647. The number of halogens is 1. The first-order valence-corrected chi connectivity index (χ1v) is 8.11. The van der Waals surface area contributed by atoms with E-state index < -0.39 is 0 Å². The van der Waals surface area contributed by atoms with Crippen LogP contribution in [0.25, 0.3) is 0 Å². The summed E-state index contributed by atoms with van der Waals surface area (Å²) in [6.07, 6.45) is 2.45. The number of hydrogen-bond donors (Lipinski definition) is 1. The summed E-state index contributed by atoms with van der Waals surface area (Å²) >= 11 is 3.55. The lowest BCUT2D eigenvalue weighted by molar-refractivity contribution is 0.0934. The van der Waals surface area contributed by atoms with Crippen molar-refractivity contribution >= 4 is 15.9 Å². The third kappa shape index (κ3) is 7.41. The second-order valence-electron chi connectivity index (χ2n) is 6.61. The van der Waals surface area contributed by atoms with Gasteiger partial charge in [0.15, 0.2) is 0 Å². The van der Waals surface area contributed by atoms with Crippen molar-refractivity contribution in [3.63, 3.8) is 0 Å². The largest absolute Gasteiger partial charge is 0.382 e. The molecule has 1 aromatic carbocycles. The zero-order valence-corrected chi connectivity index (χ0v) is 15.0. The molecule has 20 heavy (non-hydrogen) atoms. The van der Waals surface area contributed by atoms with E-state index in [9.17, 15) is 0 Å². The Balaban J connectivity index is 2.66. The highest BCUT2D eigenvalue weighted by Crippen LogP contribution is 2.19. The van der Waals surface area contributed by atoms with Gasteiger partial charge in [-0.1, -0.05) is 28.1 Å². The van der Waals surface area contributed by atoms with Crippen molar-refractivity contribution in [2.75, 3.05) is 13.7 Å². The van der Waals surface area contributed by atoms with Crippen molar-refractivity contribution in [3.8, 4) is 0 Å². The molecule has 0 aromatic heterocycles. The molecule has 2 nitrogen and oxygen atoms in total. The first-order valence-electron chi connectivity index (χ1n) is 7.32. The first-order chi connectivity index (χ1) is 9.30. The van der Waals surface area contributed by atoms with Crippen molar-refractivity contribution in [2.45, 2.75) is 52.2 Å². The molecule has 1 N–H and O–H groups in total. The van der Waals surface area contributed by atoms with Gasteiger partial charge in [-0.3, -0.25) is 0 Å². The molecule has 0 aliphatic carbocycles. The van der Waals surface area contributed by atoms with Gasteiger partial charge in [-0.2, -0.15) is 0 Å². The summed E-state index contributed by atoms with van der Waals surface area (Å²) in [4.78, 5) is 0. The molecule has 0 aliphatic rings. The highest BCUT2D eigenvalue weighted by atomic mass is 79.9. The number of nitrogens with one attached hydrogen (secondary N) is 1. The van der Waals surface area contributed by atoms with E-state index in [1.807, 2.05) is 0 Å². The van der Waals surface area contributed by atoms with Crippen LogP contribution < -0.4 is 5.32 Å². The van der Waals surface area contributed by atoms with Gasteiger partial charge in [0.1, 0.15) is 0 Å². The van der Waals surface area contributed by atoms with Crippen LogP contribution in [-0.4, -0.2) is 25.3 Å². The zero-order valence-electron chi connectivity index (χ0n) is 13.4. The Bertz CT molecular complexity index is 400. The van der Waals surface area contributed by atoms with Crippen LogP contribution in [0.2, 0.25) is 0 Å².